The second kappa shape index (κ2) is 13.3. The Bertz CT molecular complexity index is 2880. The largest absolute Gasteiger partial charge is 0.192 e. The van der Waals surface area contributed by atoms with Crippen molar-refractivity contribution in [3.8, 4) is 59.7 Å². The van der Waals surface area contributed by atoms with Crippen LogP contribution in [-0.4, -0.2) is 0 Å². The zero-order valence-corrected chi connectivity index (χ0v) is 27.5. The predicted octanol–water partition coefficient (Wildman–Crippen LogP) is 8.97. The standard InChI is InChI=1S/C45H18N8/c46-18-26-11-30(20-48)43(31(12-26)21-49)45(44-32(22-50)13-27(19-47)14-33(44)23-51)29-15-34(24-52)42(35(16-29)25-53)28-9-10-40-38-7-2-1-5-36(38)37-6-3-4-8-39(37)41(40)17-28/h1-17,45H. The van der Waals surface area contributed by atoms with Crippen LogP contribution in [0.1, 0.15) is 67.1 Å². The molecule has 8 nitrogen and oxygen atoms in total. The number of benzene rings is 7. The van der Waals surface area contributed by atoms with Crippen molar-refractivity contribution in [2.75, 3.05) is 0 Å². The second-order valence-corrected chi connectivity index (χ2v) is 12.1. The molecule has 0 spiro atoms. The highest BCUT2D eigenvalue weighted by Crippen LogP contribution is 2.43. The van der Waals surface area contributed by atoms with Gasteiger partial charge in [-0.05, 0) is 97.0 Å². The molecule has 0 bridgehead atoms. The molecular weight excluding hydrogens is 653 g/mol. The first kappa shape index (κ1) is 32.8. The maximum absolute atomic E-state index is 10.7. The minimum Gasteiger partial charge on any atom is -0.192 e. The highest BCUT2D eigenvalue weighted by atomic mass is 14.4. The topological polar surface area (TPSA) is 190 Å². The molecule has 0 aliphatic heterocycles. The molecule has 7 rings (SSSR count). The monoisotopic (exact) mass is 670 g/mol. The Morgan fingerprint density at radius 1 is 0.340 bits per heavy atom. The molecule has 0 aromatic heterocycles. The fourth-order valence-corrected chi connectivity index (χ4v) is 7.29. The molecule has 53 heavy (non-hydrogen) atoms. The smallest absolute Gasteiger partial charge is 0.0998 e. The van der Waals surface area contributed by atoms with Crippen molar-refractivity contribution in [1.82, 2.24) is 0 Å². The molecule has 0 amide bonds. The van der Waals surface area contributed by atoms with E-state index in [1.165, 1.54) is 36.4 Å². The van der Waals surface area contributed by atoms with Gasteiger partial charge in [-0.15, -0.1) is 0 Å². The molecule has 0 heterocycles. The van der Waals surface area contributed by atoms with Crippen molar-refractivity contribution in [3.05, 3.63) is 164 Å². The first-order valence-corrected chi connectivity index (χ1v) is 16.0. The molecule has 0 saturated heterocycles. The van der Waals surface area contributed by atoms with Gasteiger partial charge in [0.15, 0.2) is 0 Å². The molecule has 7 aromatic rings. The van der Waals surface area contributed by atoms with Crippen molar-refractivity contribution in [2.45, 2.75) is 5.92 Å². The van der Waals surface area contributed by atoms with E-state index in [4.69, 9.17) is 0 Å². The van der Waals surface area contributed by atoms with Crippen LogP contribution in [-0.2, 0) is 0 Å². The van der Waals surface area contributed by atoms with Gasteiger partial charge in [0.1, 0.15) is 0 Å². The molecular formula is C45H18N8. The minimum atomic E-state index is -1.22. The van der Waals surface area contributed by atoms with Crippen LogP contribution in [0, 0.1) is 90.6 Å². The Morgan fingerprint density at radius 3 is 1.06 bits per heavy atom. The maximum Gasteiger partial charge on any atom is 0.0998 e. The molecule has 8 heteroatoms. The Balaban J connectivity index is 1.57. The summed E-state index contributed by atoms with van der Waals surface area (Å²) in [4.78, 5) is 0. The Morgan fingerprint density at radius 2 is 0.698 bits per heavy atom. The van der Waals surface area contributed by atoms with E-state index in [1.54, 1.807) is 0 Å². The number of rotatable bonds is 4. The van der Waals surface area contributed by atoms with E-state index in [2.05, 4.69) is 54.6 Å². The summed E-state index contributed by atoms with van der Waals surface area (Å²) in [5.74, 6) is -1.22. The van der Waals surface area contributed by atoms with E-state index < -0.39 is 5.92 Å². The van der Waals surface area contributed by atoms with Crippen molar-refractivity contribution in [3.63, 3.8) is 0 Å². The van der Waals surface area contributed by atoms with E-state index in [0.29, 0.717) is 11.1 Å². The Kier molecular flexibility index (Phi) is 8.21. The van der Waals surface area contributed by atoms with Crippen LogP contribution in [0.3, 0.4) is 0 Å². The molecule has 7 aromatic carbocycles. The van der Waals surface area contributed by atoms with Gasteiger partial charge in [0.25, 0.3) is 0 Å². The highest BCUT2D eigenvalue weighted by molar-refractivity contribution is 6.25. The van der Waals surface area contributed by atoms with Gasteiger partial charge >= 0.3 is 0 Å². The van der Waals surface area contributed by atoms with Crippen molar-refractivity contribution < 1.29 is 0 Å². The second-order valence-electron chi connectivity index (χ2n) is 12.1. The van der Waals surface area contributed by atoms with Crippen LogP contribution in [0.2, 0.25) is 0 Å². The molecule has 0 fully saturated rings. The van der Waals surface area contributed by atoms with Gasteiger partial charge in [-0.3, -0.25) is 0 Å². The van der Waals surface area contributed by atoms with Crippen molar-refractivity contribution in [2.24, 2.45) is 0 Å². The average molecular weight is 671 g/mol. The fraction of sp³-hybridized carbons (Fsp3) is 0.0222. The summed E-state index contributed by atoms with van der Waals surface area (Å²) >= 11 is 0. The number of hydrogen-bond donors (Lipinski definition) is 0. The summed E-state index contributed by atoms with van der Waals surface area (Å²) in [5.41, 5.74) is 1.38. The van der Waals surface area contributed by atoms with Gasteiger partial charge in [-0.25, -0.2) is 0 Å². The Labute approximate surface area is 303 Å². The molecule has 238 valence electrons. The van der Waals surface area contributed by atoms with Gasteiger partial charge in [-0.2, -0.15) is 42.1 Å². The summed E-state index contributed by atoms with van der Waals surface area (Å²) < 4.78 is 0. The van der Waals surface area contributed by atoms with Gasteiger partial charge in [0.2, 0.25) is 0 Å². The molecule has 0 unspecified atom stereocenters. The first-order valence-electron chi connectivity index (χ1n) is 16.0. The van der Waals surface area contributed by atoms with Crippen LogP contribution in [0.25, 0.3) is 43.4 Å². The van der Waals surface area contributed by atoms with Crippen LogP contribution in [0.5, 0.6) is 0 Å². The maximum atomic E-state index is 10.7. The average Bonchev–Trinajstić information content (AvgIpc) is 3.22. The predicted molar refractivity (Wildman–Crippen MR) is 196 cm³/mol. The summed E-state index contributed by atoms with van der Waals surface area (Å²) in [6, 6.07) is 46.8. The SMILES string of the molecule is N#Cc1cc(C#N)c(C(c2cc(C#N)c(-c3ccc4c5ccccc5c5ccccc5c4c3)c(C#N)c2)c2c(C#N)cc(C#N)cc2C#N)c(C#N)c1. The van der Waals surface area contributed by atoms with E-state index in [-0.39, 0.29) is 61.2 Å². The normalized spacial score (nSPS) is 10.3. The third kappa shape index (κ3) is 5.26. The molecule has 0 aliphatic carbocycles. The van der Waals surface area contributed by atoms with Gasteiger partial charge in [0.05, 0.1) is 93.1 Å². The van der Waals surface area contributed by atoms with E-state index in [0.717, 1.165) is 32.3 Å². The number of hydrogen-bond acceptors (Lipinski definition) is 8. The van der Waals surface area contributed by atoms with E-state index in [9.17, 15) is 42.1 Å². The molecule has 0 radical (unpaired) electrons. The van der Waals surface area contributed by atoms with Gasteiger partial charge in [0, 0.05) is 11.5 Å². The van der Waals surface area contributed by atoms with Crippen molar-refractivity contribution in [1.29, 1.82) is 42.1 Å². The summed E-state index contributed by atoms with van der Waals surface area (Å²) in [5, 5.41) is 88.0. The lowest BCUT2D eigenvalue weighted by Gasteiger charge is -2.25. The molecule has 0 atom stereocenters. The summed E-state index contributed by atoms with van der Waals surface area (Å²) in [6.07, 6.45) is 0. The van der Waals surface area contributed by atoms with E-state index in [1.807, 2.05) is 60.7 Å². The van der Waals surface area contributed by atoms with Gasteiger partial charge in [-0.1, -0.05) is 60.7 Å². The molecule has 0 N–H and O–H groups in total. The lowest BCUT2D eigenvalue weighted by Crippen LogP contribution is -2.13. The third-order valence-electron chi connectivity index (χ3n) is 9.45. The van der Waals surface area contributed by atoms with Crippen LogP contribution in [0.15, 0.2) is 103 Å². The minimum absolute atomic E-state index is 0.0452. The van der Waals surface area contributed by atoms with Crippen LogP contribution in [0.4, 0.5) is 0 Å². The molecule has 0 saturated carbocycles. The summed E-state index contributed by atoms with van der Waals surface area (Å²) in [6.45, 7) is 0. The quantitative estimate of drug-likeness (QED) is 0.131. The highest BCUT2D eigenvalue weighted by Gasteiger charge is 2.31. The summed E-state index contributed by atoms with van der Waals surface area (Å²) in [7, 11) is 0. The Hall–Kier alpha value is -8.76. The van der Waals surface area contributed by atoms with Crippen LogP contribution >= 0.6 is 0 Å². The van der Waals surface area contributed by atoms with Crippen LogP contribution < -0.4 is 0 Å². The first-order chi connectivity index (χ1) is 25.9. The lowest BCUT2D eigenvalue weighted by atomic mass is 9.75. The lowest BCUT2D eigenvalue weighted by molar-refractivity contribution is 0.951. The fourth-order valence-electron chi connectivity index (χ4n) is 7.29. The van der Waals surface area contributed by atoms with E-state index >= 15 is 0 Å². The van der Waals surface area contributed by atoms with Crippen molar-refractivity contribution >= 4 is 32.3 Å². The van der Waals surface area contributed by atoms with Gasteiger partial charge < -0.3 is 0 Å². The zero-order chi connectivity index (χ0) is 37.2. The molecule has 0 aliphatic rings. The zero-order valence-electron chi connectivity index (χ0n) is 27.5. The number of nitriles is 8. The third-order valence-corrected chi connectivity index (χ3v) is 9.45. The number of nitrogens with zero attached hydrogens (tertiary/aromatic N) is 8. The number of fused-ring (bicyclic) bond motifs is 6.